The van der Waals surface area contributed by atoms with Crippen molar-refractivity contribution in [2.75, 3.05) is 37.5 Å². The van der Waals surface area contributed by atoms with E-state index in [1.165, 1.54) is 6.42 Å². The number of ether oxygens (including phenoxy) is 1. The van der Waals surface area contributed by atoms with E-state index in [1.807, 2.05) is 19.2 Å². The Morgan fingerprint density at radius 3 is 3.12 bits per heavy atom. The lowest BCUT2D eigenvalue weighted by molar-refractivity contribution is 0.0891. The van der Waals surface area contributed by atoms with E-state index in [4.69, 9.17) is 4.74 Å². The molecule has 1 atom stereocenters. The average Bonchev–Trinajstić information content (AvgIpc) is 2.39. The zero-order valence-electron chi connectivity index (χ0n) is 9.94. The van der Waals surface area contributed by atoms with E-state index >= 15 is 0 Å². The molecule has 1 N–H and O–H groups in total. The summed E-state index contributed by atoms with van der Waals surface area (Å²) in [5.41, 5.74) is 0. The van der Waals surface area contributed by atoms with Crippen LogP contribution in [0.5, 0.6) is 0 Å². The normalized spacial score (nSPS) is 20.9. The fourth-order valence-corrected chi connectivity index (χ4v) is 2.08. The van der Waals surface area contributed by atoms with Crippen LogP contribution in [0.25, 0.3) is 0 Å². The van der Waals surface area contributed by atoms with Crippen LogP contribution in [0.3, 0.4) is 0 Å². The quantitative estimate of drug-likeness (QED) is 0.843. The largest absolute Gasteiger partial charge is 0.380 e. The molecule has 16 heavy (non-hydrogen) atoms. The third-order valence-corrected chi connectivity index (χ3v) is 3.03. The highest BCUT2D eigenvalue weighted by atomic mass is 16.5. The van der Waals surface area contributed by atoms with Gasteiger partial charge in [0.25, 0.3) is 0 Å². The Morgan fingerprint density at radius 1 is 1.50 bits per heavy atom. The summed E-state index contributed by atoms with van der Waals surface area (Å²) in [7, 11) is 3.67. The molecule has 0 amide bonds. The van der Waals surface area contributed by atoms with Crippen molar-refractivity contribution in [2.24, 2.45) is 0 Å². The molecular weight excluding hydrogens is 202 g/mol. The van der Waals surface area contributed by atoms with Gasteiger partial charge in [0.1, 0.15) is 11.6 Å². The summed E-state index contributed by atoms with van der Waals surface area (Å²) in [5, 5.41) is 3.06. The van der Waals surface area contributed by atoms with Gasteiger partial charge in [-0.15, -0.1) is 0 Å². The molecule has 4 nitrogen and oxygen atoms in total. The Bertz CT molecular complexity index is 343. The average molecular weight is 221 g/mol. The van der Waals surface area contributed by atoms with Gasteiger partial charge in [-0.2, -0.15) is 0 Å². The fraction of sp³-hybridized carbons (Fsp3) is 0.583. The third kappa shape index (κ3) is 2.44. The van der Waals surface area contributed by atoms with Gasteiger partial charge in [0.05, 0.1) is 6.10 Å². The SMILES string of the molecule is CNc1cccc(N2CCCC(OC)C2)n1. The Hall–Kier alpha value is -1.29. The first-order valence-corrected chi connectivity index (χ1v) is 5.76. The number of nitrogens with zero attached hydrogens (tertiary/aromatic N) is 2. The second-order valence-electron chi connectivity index (χ2n) is 4.08. The maximum atomic E-state index is 5.41. The van der Waals surface area contributed by atoms with Gasteiger partial charge in [0, 0.05) is 27.2 Å². The molecule has 0 bridgehead atoms. The molecular formula is C12H19N3O. The number of hydrogen-bond acceptors (Lipinski definition) is 4. The molecule has 88 valence electrons. The number of aromatic nitrogens is 1. The van der Waals surface area contributed by atoms with E-state index in [2.05, 4.69) is 21.3 Å². The van der Waals surface area contributed by atoms with Crippen molar-refractivity contribution in [2.45, 2.75) is 18.9 Å². The Balaban J connectivity index is 2.10. The standard InChI is InChI=1S/C12H19N3O/c1-13-11-6-3-7-12(14-11)15-8-4-5-10(9-15)16-2/h3,6-7,10H,4-5,8-9H2,1-2H3,(H,13,14). The summed E-state index contributed by atoms with van der Waals surface area (Å²) in [4.78, 5) is 6.83. The van der Waals surface area contributed by atoms with Gasteiger partial charge in [-0.25, -0.2) is 4.98 Å². The summed E-state index contributed by atoms with van der Waals surface area (Å²) in [6, 6.07) is 6.06. The Labute approximate surface area is 96.6 Å². The molecule has 1 unspecified atom stereocenters. The molecule has 1 saturated heterocycles. The van der Waals surface area contributed by atoms with Gasteiger partial charge in [-0.3, -0.25) is 0 Å². The first kappa shape index (κ1) is 11.2. The summed E-state index contributed by atoms with van der Waals surface area (Å²) < 4.78 is 5.41. The maximum absolute atomic E-state index is 5.41. The molecule has 2 heterocycles. The maximum Gasteiger partial charge on any atom is 0.131 e. The molecule has 1 aromatic rings. The van der Waals surface area contributed by atoms with E-state index in [1.54, 1.807) is 7.11 Å². The van der Waals surface area contributed by atoms with Crippen LogP contribution in [-0.4, -0.2) is 38.3 Å². The van der Waals surface area contributed by atoms with Crippen LogP contribution in [0.1, 0.15) is 12.8 Å². The number of nitrogens with one attached hydrogen (secondary N) is 1. The molecule has 1 aliphatic heterocycles. The molecule has 2 rings (SSSR count). The molecule has 1 aromatic heterocycles. The predicted molar refractivity (Wildman–Crippen MR) is 66.0 cm³/mol. The number of anilines is 2. The number of hydrogen-bond donors (Lipinski definition) is 1. The molecule has 0 saturated carbocycles. The number of rotatable bonds is 3. The molecule has 0 aromatic carbocycles. The van der Waals surface area contributed by atoms with Crippen molar-refractivity contribution in [3.8, 4) is 0 Å². The number of pyridine rings is 1. The summed E-state index contributed by atoms with van der Waals surface area (Å²) in [6.45, 7) is 2.01. The van der Waals surface area contributed by atoms with E-state index in [9.17, 15) is 0 Å². The minimum absolute atomic E-state index is 0.341. The van der Waals surface area contributed by atoms with Crippen molar-refractivity contribution < 1.29 is 4.74 Å². The summed E-state index contributed by atoms with van der Waals surface area (Å²) in [5.74, 6) is 1.95. The van der Waals surface area contributed by atoms with Crippen molar-refractivity contribution in [3.05, 3.63) is 18.2 Å². The van der Waals surface area contributed by atoms with E-state index in [0.29, 0.717) is 6.10 Å². The van der Waals surface area contributed by atoms with Crippen molar-refractivity contribution >= 4 is 11.6 Å². The zero-order chi connectivity index (χ0) is 11.4. The second kappa shape index (κ2) is 5.16. The van der Waals surface area contributed by atoms with Gasteiger partial charge >= 0.3 is 0 Å². The van der Waals surface area contributed by atoms with Crippen LogP contribution < -0.4 is 10.2 Å². The molecule has 0 aliphatic carbocycles. The fourth-order valence-electron chi connectivity index (χ4n) is 2.08. The summed E-state index contributed by atoms with van der Waals surface area (Å²) in [6.07, 6.45) is 2.66. The highest BCUT2D eigenvalue weighted by molar-refractivity contribution is 5.47. The highest BCUT2D eigenvalue weighted by Crippen LogP contribution is 2.20. The van der Waals surface area contributed by atoms with Crippen LogP contribution in [0.2, 0.25) is 0 Å². The monoisotopic (exact) mass is 221 g/mol. The molecule has 0 radical (unpaired) electrons. The summed E-state index contributed by atoms with van der Waals surface area (Å²) >= 11 is 0. The van der Waals surface area contributed by atoms with Crippen LogP contribution in [0.4, 0.5) is 11.6 Å². The number of piperidine rings is 1. The Morgan fingerprint density at radius 2 is 2.38 bits per heavy atom. The van der Waals surface area contributed by atoms with Crippen LogP contribution in [0, 0.1) is 0 Å². The first-order valence-electron chi connectivity index (χ1n) is 5.76. The molecule has 1 aliphatic rings. The van der Waals surface area contributed by atoms with Gasteiger partial charge < -0.3 is 15.0 Å². The third-order valence-electron chi connectivity index (χ3n) is 3.03. The highest BCUT2D eigenvalue weighted by Gasteiger charge is 2.20. The van der Waals surface area contributed by atoms with Gasteiger partial charge in [-0.05, 0) is 25.0 Å². The Kier molecular flexibility index (Phi) is 3.62. The number of methoxy groups -OCH3 is 1. The minimum atomic E-state index is 0.341. The molecule has 0 spiro atoms. The van der Waals surface area contributed by atoms with Crippen molar-refractivity contribution in [3.63, 3.8) is 0 Å². The van der Waals surface area contributed by atoms with Crippen LogP contribution >= 0.6 is 0 Å². The lowest BCUT2D eigenvalue weighted by Crippen LogP contribution is -2.39. The van der Waals surface area contributed by atoms with E-state index < -0.39 is 0 Å². The van der Waals surface area contributed by atoms with Gasteiger partial charge in [0.2, 0.25) is 0 Å². The van der Waals surface area contributed by atoms with E-state index in [-0.39, 0.29) is 0 Å². The van der Waals surface area contributed by atoms with E-state index in [0.717, 1.165) is 31.1 Å². The second-order valence-corrected chi connectivity index (χ2v) is 4.08. The first-order chi connectivity index (χ1) is 7.83. The van der Waals surface area contributed by atoms with Crippen LogP contribution in [-0.2, 0) is 4.74 Å². The van der Waals surface area contributed by atoms with Crippen LogP contribution in [0.15, 0.2) is 18.2 Å². The minimum Gasteiger partial charge on any atom is -0.380 e. The lowest BCUT2D eigenvalue weighted by atomic mass is 10.1. The predicted octanol–water partition coefficient (Wildman–Crippen LogP) is 1.74. The lowest BCUT2D eigenvalue weighted by Gasteiger charge is -2.32. The van der Waals surface area contributed by atoms with Gasteiger partial charge in [-0.1, -0.05) is 6.07 Å². The van der Waals surface area contributed by atoms with Gasteiger partial charge in [0.15, 0.2) is 0 Å². The molecule has 4 heteroatoms. The topological polar surface area (TPSA) is 37.4 Å². The van der Waals surface area contributed by atoms with Crippen molar-refractivity contribution in [1.29, 1.82) is 0 Å². The van der Waals surface area contributed by atoms with Crippen molar-refractivity contribution in [1.82, 2.24) is 4.98 Å². The zero-order valence-corrected chi connectivity index (χ0v) is 9.94. The smallest absolute Gasteiger partial charge is 0.131 e. The molecule has 1 fully saturated rings.